The summed E-state index contributed by atoms with van der Waals surface area (Å²) in [5.41, 5.74) is 1.08. The molecule has 0 unspecified atom stereocenters. The molecule has 0 saturated carbocycles. The highest BCUT2D eigenvalue weighted by atomic mass is 16.5. The van der Waals surface area contributed by atoms with Crippen LogP contribution in [0, 0.1) is 0 Å². The van der Waals surface area contributed by atoms with Gasteiger partial charge in [-0.25, -0.2) is 4.79 Å². The van der Waals surface area contributed by atoms with E-state index in [1.807, 2.05) is 39.0 Å². The van der Waals surface area contributed by atoms with Crippen LogP contribution in [0.5, 0.6) is 11.5 Å². The van der Waals surface area contributed by atoms with Crippen LogP contribution in [-0.4, -0.2) is 25.3 Å². The van der Waals surface area contributed by atoms with Gasteiger partial charge >= 0.3 is 5.97 Å². The molecule has 0 N–H and O–H groups in total. The van der Waals surface area contributed by atoms with Crippen LogP contribution in [0.2, 0.25) is 0 Å². The van der Waals surface area contributed by atoms with E-state index in [-0.39, 0.29) is 11.6 Å². The van der Waals surface area contributed by atoms with E-state index in [4.69, 9.17) is 14.2 Å². The SMILES string of the molecule is CCOC(=O)C(C)=Cc1ccc(OC)c(OC(C)(C)C)c1. The number of rotatable bonds is 5. The summed E-state index contributed by atoms with van der Waals surface area (Å²) in [6.07, 6.45) is 1.77. The highest BCUT2D eigenvalue weighted by molar-refractivity contribution is 5.93. The molecule has 116 valence electrons. The third-order valence-electron chi connectivity index (χ3n) is 2.58. The second kappa shape index (κ2) is 7.16. The summed E-state index contributed by atoms with van der Waals surface area (Å²) in [6, 6.07) is 5.55. The Morgan fingerprint density at radius 1 is 1.24 bits per heavy atom. The van der Waals surface area contributed by atoms with Crippen molar-refractivity contribution < 1.29 is 19.0 Å². The van der Waals surface area contributed by atoms with Crippen LogP contribution in [0.1, 0.15) is 40.2 Å². The molecule has 0 saturated heterocycles. The van der Waals surface area contributed by atoms with Crippen molar-refractivity contribution in [2.45, 2.75) is 40.2 Å². The van der Waals surface area contributed by atoms with Crippen LogP contribution in [0.4, 0.5) is 0 Å². The lowest BCUT2D eigenvalue weighted by atomic mass is 10.1. The zero-order valence-electron chi connectivity index (χ0n) is 13.6. The summed E-state index contributed by atoms with van der Waals surface area (Å²) < 4.78 is 16.2. The fraction of sp³-hybridized carbons (Fsp3) is 0.471. The molecule has 0 fully saturated rings. The van der Waals surface area contributed by atoms with Gasteiger partial charge in [0.05, 0.1) is 13.7 Å². The molecular weight excluding hydrogens is 268 g/mol. The number of carbonyl (C=O) groups excluding carboxylic acids is 1. The van der Waals surface area contributed by atoms with Gasteiger partial charge in [-0.3, -0.25) is 0 Å². The van der Waals surface area contributed by atoms with E-state index in [1.54, 1.807) is 27.0 Å². The third kappa shape index (κ3) is 5.50. The van der Waals surface area contributed by atoms with E-state index in [1.165, 1.54) is 0 Å². The Morgan fingerprint density at radius 3 is 2.43 bits per heavy atom. The van der Waals surface area contributed by atoms with Crippen molar-refractivity contribution in [1.82, 2.24) is 0 Å². The first-order valence-electron chi connectivity index (χ1n) is 6.99. The highest BCUT2D eigenvalue weighted by Gasteiger charge is 2.15. The Morgan fingerprint density at radius 2 is 1.90 bits per heavy atom. The van der Waals surface area contributed by atoms with Gasteiger partial charge in [0.15, 0.2) is 11.5 Å². The van der Waals surface area contributed by atoms with Crippen LogP contribution in [0.25, 0.3) is 6.08 Å². The number of methoxy groups -OCH3 is 1. The van der Waals surface area contributed by atoms with Gasteiger partial charge in [0.2, 0.25) is 0 Å². The Labute approximate surface area is 126 Å². The molecule has 0 aromatic heterocycles. The molecule has 1 rings (SSSR count). The van der Waals surface area contributed by atoms with E-state index in [0.29, 0.717) is 23.7 Å². The minimum absolute atomic E-state index is 0.313. The fourth-order valence-electron chi connectivity index (χ4n) is 1.75. The maximum Gasteiger partial charge on any atom is 0.333 e. The van der Waals surface area contributed by atoms with Gasteiger partial charge in [-0.15, -0.1) is 0 Å². The van der Waals surface area contributed by atoms with Crippen molar-refractivity contribution in [3.8, 4) is 11.5 Å². The van der Waals surface area contributed by atoms with E-state index >= 15 is 0 Å². The molecule has 0 aliphatic rings. The van der Waals surface area contributed by atoms with Gasteiger partial charge in [0.25, 0.3) is 0 Å². The second-order valence-electron chi connectivity index (χ2n) is 5.67. The van der Waals surface area contributed by atoms with Gasteiger partial charge in [0, 0.05) is 5.57 Å². The standard InChI is InChI=1S/C17H24O4/c1-7-20-16(18)12(2)10-13-8-9-14(19-6)15(11-13)21-17(3,4)5/h8-11H,7H2,1-6H3. The van der Waals surface area contributed by atoms with E-state index in [2.05, 4.69) is 0 Å². The molecule has 21 heavy (non-hydrogen) atoms. The lowest BCUT2D eigenvalue weighted by Crippen LogP contribution is -2.23. The van der Waals surface area contributed by atoms with Crippen molar-refractivity contribution in [3.63, 3.8) is 0 Å². The van der Waals surface area contributed by atoms with E-state index < -0.39 is 0 Å². The molecule has 1 aromatic carbocycles. The molecule has 0 amide bonds. The molecule has 4 nitrogen and oxygen atoms in total. The van der Waals surface area contributed by atoms with Crippen LogP contribution in [0.15, 0.2) is 23.8 Å². The topological polar surface area (TPSA) is 44.8 Å². The van der Waals surface area contributed by atoms with Crippen LogP contribution < -0.4 is 9.47 Å². The summed E-state index contributed by atoms with van der Waals surface area (Å²) in [5.74, 6) is 0.998. The normalized spacial score (nSPS) is 12.0. The molecule has 4 heteroatoms. The zero-order valence-corrected chi connectivity index (χ0v) is 13.6. The number of ether oxygens (including phenoxy) is 3. The molecule has 0 heterocycles. The molecule has 0 bridgehead atoms. The molecule has 0 spiro atoms. The Kier molecular flexibility index (Phi) is 5.82. The Balaban J connectivity index is 3.08. The van der Waals surface area contributed by atoms with Crippen LogP contribution in [-0.2, 0) is 9.53 Å². The average molecular weight is 292 g/mol. The Bertz CT molecular complexity index is 524. The predicted molar refractivity (Wildman–Crippen MR) is 83.7 cm³/mol. The monoisotopic (exact) mass is 292 g/mol. The number of hydrogen-bond donors (Lipinski definition) is 0. The molecule has 0 aliphatic heterocycles. The van der Waals surface area contributed by atoms with Crippen molar-refractivity contribution in [2.24, 2.45) is 0 Å². The van der Waals surface area contributed by atoms with Gasteiger partial charge in [0.1, 0.15) is 5.60 Å². The molecule has 0 radical (unpaired) electrons. The maximum absolute atomic E-state index is 11.6. The summed E-state index contributed by atoms with van der Waals surface area (Å²) in [5, 5.41) is 0. The number of hydrogen-bond acceptors (Lipinski definition) is 4. The lowest BCUT2D eigenvalue weighted by Gasteiger charge is -2.23. The van der Waals surface area contributed by atoms with E-state index in [0.717, 1.165) is 5.56 Å². The Hall–Kier alpha value is -1.97. The number of esters is 1. The molecule has 1 aromatic rings. The predicted octanol–water partition coefficient (Wildman–Crippen LogP) is 3.84. The summed E-state index contributed by atoms with van der Waals surface area (Å²) >= 11 is 0. The third-order valence-corrected chi connectivity index (χ3v) is 2.58. The first kappa shape index (κ1) is 17.1. The zero-order chi connectivity index (χ0) is 16.0. The highest BCUT2D eigenvalue weighted by Crippen LogP contribution is 2.31. The van der Waals surface area contributed by atoms with E-state index in [9.17, 15) is 4.79 Å². The van der Waals surface area contributed by atoms with Gasteiger partial charge in [-0.1, -0.05) is 6.07 Å². The lowest BCUT2D eigenvalue weighted by molar-refractivity contribution is -0.138. The smallest absolute Gasteiger partial charge is 0.333 e. The number of benzene rings is 1. The summed E-state index contributed by atoms with van der Waals surface area (Å²) in [7, 11) is 1.60. The fourth-order valence-corrected chi connectivity index (χ4v) is 1.75. The summed E-state index contributed by atoms with van der Waals surface area (Å²) in [4.78, 5) is 11.6. The average Bonchev–Trinajstić information content (AvgIpc) is 2.37. The molecule has 0 aliphatic carbocycles. The van der Waals surface area contributed by atoms with Crippen molar-refractivity contribution in [1.29, 1.82) is 0 Å². The van der Waals surface area contributed by atoms with Crippen molar-refractivity contribution >= 4 is 12.0 Å². The number of carbonyl (C=O) groups is 1. The van der Waals surface area contributed by atoms with Crippen LogP contribution >= 0.6 is 0 Å². The minimum atomic E-state index is -0.328. The van der Waals surface area contributed by atoms with Crippen molar-refractivity contribution in [2.75, 3.05) is 13.7 Å². The molecular formula is C17H24O4. The maximum atomic E-state index is 11.6. The first-order chi connectivity index (χ1) is 9.76. The van der Waals surface area contributed by atoms with Crippen LogP contribution in [0.3, 0.4) is 0 Å². The first-order valence-corrected chi connectivity index (χ1v) is 6.99. The second-order valence-corrected chi connectivity index (χ2v) is 5.67. The van der Waals surface area contributed by atoms with Gasteiger partial charge < -0.3 is 14.2 Å². The van der Waals surface area contributed by atoms with Crippen molar-refractivity contribution in [3.05, 3.63) is 29.3 Å². The largest absolute Gasteiger partial charge is 0.493 e. The quantitative estimate of drug-likeness (QED) is 0.611. The van der Waals surface area contributed by atoms with Gasteiger partial charge in [-0.2, -0.15) is 0 Å². The molecule has 0 atom stereocenters. The van der Waals surface area contributed by atoms with Gasteiger partial charge in [-0.05, 0) is 58.4 Å². The summed E-state index contributed by atoms with van der Waals surface area (Å²) in [6.45, 7) is 9.79. The minimum Gasteiger partial charge on any atom is -0.493 e.